The van der Waals surface area contributed by atoms with Crippen LogP contribution in [0.25, 0.3) is 6.08 Å². The van der Waals surface area contributed by atoms with Crippen molar-refractivity contribution < 1.29 is 28.6 Å². The second-order valence-electron chi connectivity index (χ2n) is 6.56. The van der Waals surface area contributed by atoms with Crippen LogP contribution in [-0.2, 0) is 16.0 Å². The lowest BCUT2D eigenvalue weighted by Gasteiger charge is -2.26. The zero-order chi connectivity index (χ0) is 21.3. The van der Waals surface area contributed by atoms with E-state index in [9.17, 15) is 14.4 Å². The summed E-state index contributed by atoms with van der Waals surface area (Å²) in [6.45, 7) is 3.79. The summed E-state index contributed by atoms with van der Waals surface area (Å²) in [6.07, 6.45) is 3.73. The Morgan fingerprint density at radius 1 is 1.13 bits per heavy atom. The first kappa shape index (κ1) is 19.3. The van der Waals surface area contributed by atoms with Gasteiger partial charge in [-0.1, -0.05) is 12.1 Å². The van der Waals surface area contributed by atoms with Crippen molar-refractivity contribution in [3.8, 4) is 17.2 Å². The van der Waals surface area contributed by atoms with Crippen molar-refractivity contribution in [1.82, 2.24) is 5.32 Å². The monoisotopic (exact) mass is 406 g/mol. The quantitative estimate of drug-likeness (QED) is 0.466. The topological polar surface area (TPSA) is 94.2 Å². The summed E-state index contributed by atoms with van der Waals surface area (Å²) < 4.78 is 15.9. The predicted molar refractivity (Wildman–Crippen MR) is 108 cm³/mol. The molecule has 8 heteroatoms. The number of hydrogen-bond donors (Lipinski definition) is 1. The van der Waals surface area contributed by atoms with Crippen LogP contribution in [0, 0.1) is 0 Å². The van der Waals surface area contributed by atoms with Crippen LogP contribution in [0.1, 0.15) is 11.1 Å². The molecule has 2 heterocycles. The van der Waals surface area contributed by atoms with Gasteiger partial charge in [0, 0.05) is 6.07 Å². The average molecular weight is 406 g/mol. The van der Waals surface area contributed by atoms with Crippen molar-refractivity contribution in [2.75, 3.05) is 18.8 Å². The molecule has 4 rings (SSSR count). The van der Waals surface area contributed by atoms with Crippen molar-refractivity contribution in [2.45, 2.75) is 6.42 Å². The summed E-state index contributed by atoms with van der Waals surface area (Å²) in [7, 11) is 1.56. The number of benzene rings is 2. The molecule has 0 aromatic heterocycles. The minimum absolute atomic E-state index is 0.0626. The van der Waals surface area contributed by atoms with Gasteiger partial charge in [-0.25, -0.2) is 9.69 Å². The summed E-state index contributed by atoms with van der Waals surface area (Å²) in [6, 6.07) is 9.11. The number of fused-ring (bicyclic) bond motifs is 1. The van der Waals surface area contributed by atoms with E-state index in [1.54, 1.807) is 43.5 Å². The standard InChI is InChI=1S/C22H18N2O6/c1-3-4-14-9-13(5-7-17(14)28-2)10-16-20(25)23-22(27)24(21(16)26)15-6-8-18-19(11-15)30-12-29-18/h3,5-11H,1,4,12H2,2H3,(H,23,25,27)/b16-10+. The highest BCUT2D eigenvalue weighted by molar-refractivity contribution is 6.39. The number of allylic oxidation sites excluding steroid dienone is 1. The number of hydrogen-bond acceptors (Lipinski definition) is 6. The molecular weight excluding hydrogens is 388 g/mol. The van der Waals surface area contributed by atoms with E-state index in [0.29, 0.717) is 29.2 Å². The van der Waals surface area contributed by atoms with E-state index in [1.807, 2.05) is 0 Å². The Kier molecular flexibility index (Phi) is 4.97. The number of ether oxygens (including phenoxy) is 3. The van der Waals surface area contributed by atoms with E-state index in [2.05, 4.69) is 11.9 Å². The molecule has 1 fully saturated rings. The van der Waals surface area contributed by atoms with Gasteiger partial charge < -0.3 is 14.2 Å². The van der Waals surface area contributed by atoms with Gasteiger partial charge in [-0.15, -0.1) is 6.58 Å². The van der Waals surface area contributed by atoms with E-state index in [0.717, 1.165) is 10.5 Å². The molecule has 0 bridgehead atoms. The normalized spacial score (nSPS) is 16.6. The fourth-order valence-electron chi connectivity index (χ4n) is 3.29. The molecule has 0 radical (unpaired) electrons. The van der Waals surface area contributed by atoms with Crippen LogP contribution >= 0.6 is 0 Å². The molecule has 30 heavy (non-hydrogen) atoms. The molecule has 0 spiro atoms. The van der Waals surface area contributed by atoms with Crippen molar-refractivity contribution in [2.24, 2.45) is 0 Å². The molecule has 1 N–H and O–H groups in total. The van der Waals surface area contributed by atoms with Gasteiger partial charge in [0.25, 0.3) is 11.8 Å². The molecule has 2 aliphatic heterocycles. The first-order valence-electron chi connectivity index (χ1n) is 9.10. The third-order valence-electron chi connectivity index (χ3n) is 4.70. The number of anilines is 1. The molecule has 0 unspecified atom stereocenters. The van der Waals surface area contributed by atoms with Crippen molar-refractivity contribution in [3.63, 3.8) is 0 Å². The number of methoxy groups -OCH3 is 1. The maximum absolute atomic E-state index is 13.0. The number of nitrogens with one attached hydrogen (secondary N) is 1. The zero-order valence-corrected chi connectivity index (χ0v) is 16.1. The first-order chi connectivity index (χ1) is 14.5. The molecule has 4 amide bonds. The number of carbonyl (C=O) groups excluding carboxylic acids is 3. The van der Waals surface area contributed by atoms with E-state index < -0.39 is 17.8 Å². The fraction of sp³-hybridized carbons (Fsp3) is 0.136. The van der Waals surface area contributed by atoms with Crippen LogP contribution in [0.4, 0.5) is 10.5 Å². The smallest absolute Gasteiger partial charge is 0.335 e. The highest BCUT2D eigenvalue weighted by Gasteiger charge is 2.37. The number of imide groups is 2. The summed E-state index contributed by atoms with van der Waals surface area (Å²) in [4.78, 5) is 38.7. The van der Waals surface area contributed by atoms with Crippen LogP contribution in [-0.4, -0.2) is 31.7 Å². The molecular formula is C22H18N2O6. The zero-order valence-electron chi connectivity index (χ0n) is 16.1. The first-order valence-corrected chi connectivity index (χ1v) is 9.10. The molecule has 2 aromatic carbocycles. The summed E-state index contributed by atoms with van der Waals surface area (Å²) >= 11 is 0. The Morgan fingerprint density at radius 3 is 2.70 bits per heavy atom. The Labute approximate surface area is 172 Å². The number of rotatable bonds is 5. The lowest BCUT2D eigenvalue weighted by Crippen LogP contribution is -2.54. The van der Waals surface area contributed by atoms with Crippen LogP contribution in [0.15, 0.2) is 54.6 Å². The minimum Gasteiger partial charge on any atom is -0.496 e. The Morgan fingerprint density at radius 2 is 1.93 bits per heavy atom. The number of amides is 4. The van der Waals surface area contributed by atoms with E-state index in [-0.39, 0.29) is 18.1 Å². The molecule has 2 aromatic rings. The van der Waals surface area contributed by atoms with Gasteiger partial charge in [0.15, 0.2) is 11.5 Å². The molecule has 2 aliphatic rings. The Bertz CT molecular complexity index is 1100. The highest BCUT2D eigenvalue weighted by Crippen LogP contribution is 2.36. The Hall–Kier alpha value is -4.07. The van der Waals surface area contributed by atoms with Crippen molar-refractivity contribution in [1.29, 1.82) is 0 Å². The van der Waals surface area contributed by atoms with Crippen LogP contribution < -0.4 is 24.4 Å². The molecule has 152 valence electrons. The molecule has 0 aliphatic carbocycles. The summed E-state index contributed by atoms with van der Waals surface area (Å²) in [5, 5.41) is 2.20. The largest absolute Gasteiger partial charge is 0.496 e. The average Bonchev–Trinajstić information content (AvgIpc) is 3.19. The second-order valence-corrected chi connectivity index (χ2v) is 6.56. The van der Waals surface area contributed by atoms with Crippen LogP contribution in [0.3, 0.4) is 0 Å². The van der Waals surface area contributed by atoms with Gasteiger partial charge in [-0.3, -0.25) is 14.9 Å². The van der Waals surface area contributed by atoms with E-state index in [1.165, 1.54) is 12.1 Å². The van der Waals surface area contributed by atoms with Crippen molar-refractivity contribution >= 4 is 29.6 Å². The van der Waals surface area contributed by atoms with Gasteiger partial charge in [-0.05, 0) is 47.9 Å². The maximum atomic E-state index is 13.0. The predicted octanol–water partition coefficient (Wildman–Crippen LogP) is 2.82. The van der Waals surface area contributed by atoms with E-state index >= 15 is 0 Å². The third kappa shape index (κ3) is 3.39. The minimum atomic E-state index is -0.830. The van der Waals surface area contributed by atoms with Gasteiger partial charge in [0.2, 0.25) is 6.79 Å². The number of barbiturate groups is 1. The molecule has 8 nitrogen and oxygen atoms in total. The van der Waals surface area contributed by atoms with Gasteiger partial charge in [0.05, 0.1) is 12.8 Å². The molecule has 1 saturated heterocycles. The number of nitrogens with zero attached hydrogens (tertiary/aromatic N) is 1. The number of urea groups is 1. The Balaban J connectivity index is 1.71. The summed E-state index contributed by atoms with van der Waals surface area (Å²) in [5.41, 5.74) is 1.57. The number of carbonyl (C=O) groups is 3. The third-order valence-corrected chi connectivity index (χ3v) is 4.70. The van der Waals surface area contributed by atoms with Gasteiger partial charge in [-0.2, -0.15) is 0 Å². The second kappa shape index (κ2) is 7.75. The van der Waals surface area contributed by atoms with Crippen LogP contribution in [0.5, 0.6) is 17.2 Å². The van der Waals surface area contributed by atoms with Crippen LogP contribution in [0.2, 0.25) is 0 Å². The van der Waals surface area contributed by atoms with Gasteiger partial charge in [0.1, 0.15) is 11.3 Å². The lowest BCUT2D eigenvalue weighted by molar-refractivity contribution is -0.122. The molecule has 0 atom stereocenters. The highest BCUT2D eigenvalue weighted by atomic mass is 16.7. The molecule has 0 saturated carbocycles. The lowest BCUT2D eigenvalue weighted by atomic mass is 10.0. The van der Waals surface area contributed by atoms with E-state index in [4.69, 9.17) is 14.2 Å². The van der Waals surface area contributed by atoms with Gasteiger partial charge >= 0.3 is 6.03 Å². The maximum Gasteiger partial charge on any atom is 0.335 e. The summed E-state index contributed by atoms with van der Waals surface area (Å²) in [5.74, 6) is 0.114. The fourth-order valence-corrected chi connectivity index (χ4v) is 3.29. The SMILES string of the molecule is C=CCc1cc(/C=C2\C(=O)NC(=O)N(c3ccc4c(c3)OCO4)C2=O)ccc1OC. The van der Waals surface area contributed by atoms with Crippen molar-refractivity contribution in [3.05, 3.63) is 65.8 Å².